The van der Waals surface area contributed by atoms with Crippen LogP contribution < -0.4 is 21.7 Å². The number of aromatic nitrogens is 2. The number of carbonyl (C=O) groups excluding carboxylic acids is 2. The second kappa shape index (κ2) is 12.6. The third kappa shape index (κ3) is 6.83. The van der Waals surface area contributed by atoms with Crippen LogP contribution in [0.3, 0.4) is 0 Å². The summed E-state index contributed by atoms with van der Waals surface area (Å²) in [6, 6.07) is 15.5. The minimum atomic E-state index is -0.554. The van der Waals surface area contributed by atoms with Crippen molar-refractivity contribution in [3.05, 3.63) is 106 Å². The summed E-state index contributed by atoms with van der Waals surface area (Å²) in [6.45, 7) is 5.59. The second-order valence-electron chi connectivity index (χ2n) is 13.5. The summed E-state index contributed by atoms with van der Waals surface area (Å²) in [5.74, 6) is 0.408. The number of nitrogens with zero attached hydrogens (tertiary/aromatic N) is 2. The zero-order chi connectivity index (χ0) is 32.7. The zero-order valence-electron chi connectivity index (χ0n) is 27.0. The Labute approximate surface area is 275 Å². The van der Waals surface area contributed by atoms with Gasteiger partial charge in [0, 0.05) is 43.4 Å². The summed E-state index contributed by atoms with van der Waals surface area (Å²) in [5.41, 5.74) is 15.7. The number of hydrogen-bond donors (Lipinski definition) is 5. The quantitative estimate of drug-likeness (QED) is 0.127. The van der Waals surface area contributed by atoms with E-state index in [1.165, 1.54) is 0 Å². The molecule has 3 aliphatic rings. The predicted octanol–water partition coefficient (Wildman–Crippen LogP) is 6.09. The van der Waals surface area contributed by atoms with Crippen molar-refractivity contribution in [1.29, 1.82) is 0 Å². The third-order valence-corrected chi connectivity index (χ3v) is 9.82. The molecule has 0 radical (unpaired) electrons. The number of pyridine rings is 2. The Bertz CT molecular complexity index is 1860. The highest BCUT2D eigenvalue weighted by molar-refractivity contribution is 6.05. The molecule has 0 spiro atoms. The molecule has 2 amide bonds. The molecule has 3 aliphatic carbocycles. The number of carbonyl (C=O) groups is 2. The molecule has 2 aromatic heterocycles. The summed E-state index contributed by atoms with van der Waals surface area (Å²) < 4.78 is 0. The number of benzene rings is 2. The predicted molar refractivity (Wildman–Crippen MR) is 183 cm³/mol. The van der Waals surface area contributed by atoms with Crippen LogP contribution in [0.25, 0.3) is 11.1 Å². The fourth-order valence-electron chi connectivity index (χ4n) is 6.36. The highest BCUT2D eigenvalue weighted by atomic mass is 16.3. The Kier molecular flexibility index (Phi) is 8.38. The molecule has 2 aromatic carbocycles. The lowest BCUT2D eigenvalue weighted by molar-refractivity contribution is 0.101. The van der Waals surface area contributed by atoms with Crippen molar-refractivity contribution in [2.24, 2.45) is 5.73 Å². The van der Waals surface area contributed by atoms with E-state index >= 15 is 0 Å². The Morgan fingerprint density at radius 3 is 1.77 bits per heavy atom. The molecule has 3 fully saturated rings. The maximum atomic E-state index is 13.5. The van der Waals surface area contributed by atoms with Gasteiger partial charge in [0.15, 0.2) is 0 Å². The highest BCUT2D eigenvalue weighted by Gasteiger charge is 2.39. The van der Waals surface area contributed by atoms with Crippen molar-refractivity contribution in [2.45, 2.75) is 82.9 Å². The van der Waals surface area contributed by atoms with Crippen molar-refractivity contribution >= 4 is 23.2 Å². The molecule has 9 heteroatoms. The first kappa shape index (κ1) is 31.2. The van der Waals surface area contributed by atoms with Gasteiger partial charge in [0.1, 0.15) is 11.4 Å². The standard InChI is InChI=1S/C38H42N6O3/c1-22-28(5-3-7-32(22)43-36(45)34-15-30(24-9-10-24)26(17-39)19-41-34)29-6-4-8-33(23(29)2)44-37(46)35-16-31(25-11-12-25)27(20-42-35)18-40-21-38(47)13-14-38/h3-8,15-16,19-20,24-25,40,47H,9-14,17-18,21,39H2,1-2H3,(H,43,45)(H,44,46). The van der Waals surface area contributed by atoms with E-state index in [0.29, 0.717) is 54.2 Å². The topological polar surface area (TPSA) is 142 Å². The number of anilines is 2. The van der Waals surface area contributed by atoms with E-state index in [1.54, 1.807) is 12.4 Å². The summed E-state index contributed by atoms with van der Waals surface area (Å²) in [7, 11) is 0. The van der Waals surface area contributed by atoms with Gasteiger partial charge < -0.3 is 26.8 Å². The first-order chi connectivity index (χ1) is 22.7. The molecule has 9 nitrogen and oxygen atoms in total. The van der Waals surface area contributed by atoms with Gasteiger partial charge in [-0.25, -0.2) is 0 Å². The molecular formula is C38H42N6O3. The van der Waals surface area contributed by atoms with Gasteiger partial charge in [-0.2, -0.15) is 0 Å². The van der Waals surface area contributed by atoms with Crippen molar-refractivity contribution < 1.29 is 14.7 Å². The molecule has 0 unspecified atom stereocenters. The number of nitrogens with one attached hydrogen (secondary N) is 3. The van der Waals surface area contributed by atoms with Crippen LogP contribution in [0, 0.1) is 13.8 Å². The van der Waals surface area contributed by atoms with Gasteiger partial charge in [-0.05, 0) is 133 Å². The Hall–Kier alpha value is -4.44. The number of amides is 2. The molecule has 7 rings (SSSR count). The van der Waals surface area contributed by atoms with Gasteiger partial charge in [-0.3, -0.25) is 19.6 Å². The average Bonchev–Trinajstić information content (AvgIpc) is 3.93. The summed E-state index contributed by atoms with van der Waals surface area (Å²) >= 11 is 0. The maximum Gasteiger partial charge on any atom is 0.274 e. The normalized spacial score (nSPS) is 16.5. The molecular weight excluding hydrogens is 588 g/mol. The van der Waals surface area contributed by atoms with Crippen LogP contribution in [-0.4, -0.2) is 39.0 Å². The van der Waals surface area contributed by atoms with E-state index in [-0.39, 0.29) is 11.8 Å². The smallest absolute Gasteiger partial charge is 0.274 e. The van der Waals surface area contributed by atoms with Crippen LogP contribution in [0.4, 0.5) is 11.4 Å². The fourth-order valence-corrected chi connectivity index (χ4v) is 6.36. The van der Waals surface area contributed by atoms with E-state index in [9.17, 15) is 14.7 Å². The molecule has 47 heavy (non-hydrogen) atoms. The van der Waals surface area contributed by atoms with E-state index in [0.717, 1.165) is 83.0 Å². The zero-order valence-corrected chi connectivity index (χ0v) is 27.0. The van der Waals surface area contributed by atoms with Crippen LogP contribution in [-0.2, 0) is 13.1 Å². The van der Waals surface area contributed by atoms with Crippen LogP contribution >= 0.6 is 0 Å². The van der Waals surface area contributed by atoms with E-state index in [1.807, 2.05) is 62.4 Å². The molecule has 3 saturated carbocycles. The Morgan fingerprint density at radius 2 is 1.30 bits per heavy atom. The first-order valence-corrected chi connectivity index (χ1v) is 16.7. The van der Waals surface area contributed by atoms with Gasteiger partial charge in [0.25, 0.3) is 11.8 Å². The number of aliphatic hydroxyl groups is 1. The van der Waals surface area contributed by atoms with Crippen molar-refractivity contribution in [1.82, 2.24) is 15.3 Å². The van der Waals surface area contributed by atoms with Crippen molar-refractivity contribution in [3.63, 3.8) is 0 Å². The van der Waals surface area contributed by atoms with Gasteiger partial charge >= 0.3 is 0 Å². The molecule has 0 aliphatic heterocycles. The van der Waals surface area contributed by atoms with Gasteiger partial charge in [-0.15, -0.1) is 0 Å². The van der Waals surface area contributed by atoms with E-state index in [4.69, 9.17) is 5.73 Å². The Morgan fingerprint density at radius 1 is 0.809 bits per heavy atom. The number of nitrogens with two attached hydrogens (primary N) is 1. The lowest BCUT2D eigenvalue weighted by atomic mass is 9.94. The largest absolute Gasteiger partial charge is 0.389 e. The molecule has 4 aromatic rings. The molecule has 0 atom stereocenters. The minimum Gasteiger partial charge on any atom is -0.389 e. The molecule has 0 bridgehead atoms. The monoisotopic (exact) mass is 630 g/mol. The molecule has 6 N–H and O–H groups in total. The molecule has 2 heterocycles. The van der Waals surface area contributed by atoms with Gasteiger partial charge in [0.05, 0.1) is 5.60 Å². The van der Waals surface area contributed by atoms with Crippen LogP contribution in [0.1, 0.15) is 105 Å². The fraction of sp³-hybridized carbons (Fsp3) is 0.368. The average molecular weight is 631 g/mol. The van der Waals surface area contributed by atoms with E-state index in [2.05, 4.69) is 25.9 Å². The number of hydrogen-bond acceptors (Lipinski definition) is 7. The summed E-state index contributed by atoms with van der Waals surface area (Å²) in [4.78, 5) is 35.7. The van der Waals surface area contributed by atoms with Crippen LogP contribution in [0.15, 0.2) is 60.9 Å². The lowest BCUT2D eigenvalue weighted by Gasteiger charge is -2.17. The van der Waals surface area contributed by atoms with Gasteiger partial charge in [0.2, 0.25) is 0 Å². The van der Waals surface area contributed by atoms with Crippen LogP contribution in [0.5, 0.6) is 0 Å². The SMILES string of the molecule is Cc1c(NC(=O)c2cc(C3CC3)c(CN)cn2)cccc1-c1cccc(NC(=O)c2cc(C3CC3)c(CNCC3(O)CC3)cn2)c1C. The Balaban J connectivity index is 1.08. The second-order valence-corrected chi connectivity index (χ2v) is 13.5. The van der Waals surface area contributed by atoms with Crippen molar-refractivity contribution in [3.8, 4) is 11.1 Å². The summed E-state index contributed by atoms with van der Waals surface area (Å²) in [5, 5.41) is 19.7. The highest BCUT2D eigenvalue weighted by Crippen LogP contribution is 2.43. The van der Waals surface area contributed by atoms with E-state index < -0.39 is 5.60 Å². The maximum absolute atomic E-state index is 13.5. The minimum absolute atomic E-state index is 0.254. The first-order valence-electron chi connectivity index (χ1n) is 16.7. The molecule has 0 saturated heterocycles. The van der Waals surface area contributed by atoms with Crippen molar-refractivity contribution in [2.75, 3.05) is 17.2 Å². The summed E-state index contributed by atoms with van der Waals surface area (Å²) in [6.07, 6.45) is 9.68. The number of rotatable bonds is 12. The lowest BCUT2D eigenvalue weighted by Crippen LogP contribution is -2.28. The molecule has 242 valence electrons. The third-order valence-electron chi connectivity index (χ3n) is 9.82. The van der Waals surface area contributed by atoms with Gasteiger partial charge in [-0.1, -0.05) is 24.3 Å². The van der Waals surface area contributed by atoms with Crippen LogP contribution in [0.2, 0.25) is 0 Å².